The molecule has 0 spiro atoms. The minimum Gasteiger partial charge on any atom is -0.482 e. The number of rotatable bonds is 5. The maximum Gasteiger partial charge on any atom is 0.262 e. The van der Waals surface area contributed by atoms with E-state index in [0.29, 0.717) is 17.1 Å². The second-order valence-corrected chi connectivity index (χ2v) is 5.77. The van der Waals surface area contributed by atoms with Crippen LogP contribution in [0.4, 0.5) is 11.4 Å². The monoisotopic (exact) mass is 410 g/mol. The van der Waals surface area contributed by atoms with Crippen LogP contribution < -0.4 is 15.4 Å². The lowest BCUT2D eigenvalue weighted by atomic mass is 10.3. The highest BCUT2D eigenvalue weighted by atomic mass is 127. The minimum atomic E-state index is -0.265. The summed E-state index contributed by atoms with van der Waals surface area (Å²) in [4.78, 5) is 23.0. The second kappa shape index (κ2) is 7.79. The van der Waals surface area contributed by atoms with Crippen LogP contribution in [0, 0.1) is 3.57 Å². The van der Waals surface area contributed by atoms with Crippen molar-refractivity contribution in [3.05, 3.63) is 52.1 Å². The van der Waals surface area contributed by atoms with Crippen LogP contribution >= 0.6 is 22.6 Å². The van der Waals surface area contributed by atoms with Crippen LogP contribution in [0.15, 0.2) is 48.5 Å². The van der Waals surface area contributed by atoms with Crippen LogP contribution in [0.1, 0.15) is 6.92 Å². The SMILES string of the molecule is CC(=O)Nc1ccccc1OCC(=O)Nc1ccc(I)cc1. The van der Waals surface area contributed by atoms with Gasteiger partial charge >= 0.3 is 0 Å². The Labute approximate surface area is 142 Å². The highest BCUT2D eigenvalue weighted by molar-refractivity contribution is 14.1. The Morgan fingerprint density at radius 2 is 1.73 bits per heavy atom. The molecule has 0 aromatic heterocycles. The highest BCUT2D eigenvalue weighted by Crippen LogP contribution is 2.23. The number of halogens is 1. The molecular weight excluding hydrogens is 395 g/mol. The summed E-state index contributed by atoms with van der Waals surface area (Å²) in [6, 6.07) is 14.4. The van der Waals surface area contributed by atoms with Crippen LogP contribution in [0.3, 0.4) is 0 Å². The van der Waals surface area contributed by atoms with E-state index in [1.807, 2.05) is 24.3 Å². The molecule has 0 saturated carbocycles. The number of carbonyl (C=O) groups excluding carboxylic acids is 2. The Balaban J connectivity index is 1.93. The van der Waals surface area contributed by atoms with E-state index in [1.165, 1.54) is 6.92 Å². The lowest BCUT2D eigenvalue weighted by Crippen LogP contribution is -2.20. The van der Waals surface area contributed by atoms with Gasteiger partial charge in [0.1, 0.15) is 5.75 Å². The fourth-order valence-corrected chi connectivity index (χ4v) is 2.12. The average Bonchev–Trinajstić information content (AvgIpc) is 2.48. The van der Waals surface area contributed by atoms with Crippen molar-refractivity contribution in [2.24, 2.45) is 0 Å². The molecule has 2 aromatic carbocycles. The zero-order valence-electron chi connectivity index (χ0n) is 11.9. The molecule has 0 radical (unpaired) electrons. The summed E-state index contributed by atoms with van der Waals surface area (Å²) >= 11 is 2.20. The maximum absolute atomic E-state index is 11.9. The van der Waals surface area contributed by atoms with Crippen LogP contribution in [-0.2, 0) is 9.59 Å². The number of para-hydroxylation sites is 2. The lowest BCUT2D eigenvalue weighted by Gasteiger charge is -2.11. The van der Waals surface area contributed by atoms with Gasteiger partial charge in [0.15, 0.2) is 6.61 Å². The van der Waals surface area contributed by atoms with Crippen LogP contribution in [-0.4, -0.2) is 18.4 Å². The molecule has 6 heteroatoms. The molecule has 0 unspecified atom stereocenters. The highest BCUT2D eigenvalue weighted by Gasteiger charge is 2.08. The first-order chi connectivity index (χ1) is 10.5. The van der Waals surface area contributed by atoms with Gasteiger partial charge in [0.05, 0.1) is 5.69 Å². The molecule has 2 N–H and O–H groups in total. The topological polar surface area (TPSA) is 67.4 Å². The number of nitrogens with one attached hydrogen (secondary N) is 2. The van der Waals surface area contributed by atoms with Gasteiger partial charge in [-0.3, -0.25) is 9.59 Å². The van der Waals surface area contributed by atoms with Gasteiger partial charge in [0, 0.05) is 16.2 Å². The molecule has 5 nitrogen and oxygen atoms in total. The Bertz CT molecular complexity index is 671. The normalized spacial score (nSPS) is 9.91. The molecule has 22 heavy (non-hydrogen) atoms. The van der Waals surface area contributed by atoms with E-state index in [2.05, 4.69) is 33.2 Å². The number of carbonyl (C=O) groups is 2. The Morgan fingerprint density at radius 1 is 1.05 bits per heavy atom. The summed E-state index contributed by atoms with van der Waals surface area (Å²) in [5.74, 6) is -0.00585. The van der Waals surface area contributed by atoms with Crippen molar-refractivity contribution >= 4 is 45.8 Å². The number of amides is 2. The number of benzene rings is 2. The molecule has 114 valence electrons. The predicted molar refractivity (Wildman–Crippen MR) is 94.0 cm³/mol. The molecule has 2 amide bonds. The van der Waals surface area contributed by atoms with E-state index in [9.17, 15) is 9.59 Å². The molecule has 2 aromatic rings. The summed E-state index contributed by atoms with van der Waals surface area (Å²) in [6.07, 6.45) is 0. The van der Waals surface area contributed by atoms with Crippen molar-refractivity contribution in [1.29, 1.82) is 0 Å². The van der Waals surface area contributed by atoms with E-state index in [1.54, 1.807) is 24.3 Å². The summed E-state index contributed by atoms with van der Waals surface area (Å²) in [7, 11) is 0. The van der Waals surface area contributed by atoms with E-state index >= 15 is 0 Å². The maximum atomic E-state index is 11.9. The van der Waals surface area contributed by atoms with Crippen molar-refractivity contribution < 1.29 is 14.3 Å². The third kappa shape index (κ3) is 5.03. The molecule has 0 aliphatic rings. The van der Waals surface area contributed by atoms with Gasteiger partial charge in [0.25, 0.3) is 5.91 Å². The fourth-order valence-electron chi connectivity index (χ4n) is 1.76. The van der Waals surface area contributed by atoms with Gasteiger partial charge in [0.2, 0.25) is 5.91 Å². The number of ether oxygens (including phenoxy) is 1. The van der Waals surface area contributed by atoms with Crippen molar-refractivity contribution in [2.75, 3.05) is 17.2 Å². The predicted octanol–water partition coefficient (Wildman–Crippen LogP) is 3.27. The van der Waals surface area contributed by atoms with Gasteiger partial charge in [-0.2, -0.15) is 0 Å². The molecule has 0 aliphatic heterocycles. The summed E-state index contributed by atoms with van der Waals surface area (Å²) in [5, 5.41) is 5.40. The van der Waals surface area contributed by atoms with Crippen molar-refractivity contribution in [3.8, 4) is 5.75 Å². The standard InChI is InChI=1S/C16H15IN2O3/c1-11(20)18-14-4-2-3-5-15(14)22-10-16(21)19-13-8-6-12(17)7-9-13/h2-9H,10H2,1H3,(H,18,20)(H,19,21). The summed E-state index contributed by atoms with van der Waals surface area (Å²) < 4.78 is 6.56. The average molecular weight is 410 g/mol. The van der Waals surface area contributed by atoms with Crippen LogP contribution in [0.2, 0.25) is 0 Å². The minimum absolute atomic E-state index is 0.136. The smallest absolute Gasteiger partial charge is 0.262 e. The van der Waals surface area contributed by atoms with Gasteiger partial charge in [-0.05, 0) is 59.0 Å². The van der Waals surface area contributed by atoms with Crippen LogP contribution in [0.5, 0.6) is 5.75 Å². The van der Waals surface area contributed by atoms with Gasteiger partial charge in [-0.25, -0.2) is 0 Å². The molecule has 0 bridgehead atoms. The summed E-state index contributed by atoms with van der Waals surface area (Å²) in [5.41, 5.74) is 1.25. The Morgan fingerprint density at radius 3 is 2.41 bits per heavy atom. The number of hydrogen-bond donors (Lipinski definition) is 2. The van der Waals surface area contributed by atoms with E-state index in [4.69, 9.17) is 4.74 Å². The van der Waals surface area contributed by atoms with Gasteiger partial charge in [-0.15, -0.1) is 0 Å². The lowest BCUT2D eigenvalue weighted by molar-refractivity contribution is -0.118. The third-order valence-electron chi connectivity index (χ3n) is 2.68. The zero-order chi connectivity index (χ0) is 15.9. The largest absolute Gasteiger partial charge is 0.482 e. The van der Waals surface area contributed by atoms with Crippen LogP contribution in [0.25, 0.3) is 0 Å². The van der Waals surface area contributed by atoms with Crippen molar-refractivity contribution in [1.82, 2.24) is 0 Å². The molecule has 0 aliphatic carbocycles. The molecule has 0 atom stereocenters. The first kappa shape index (κ1) is 16.3. The number of anilines is 2. The summed E-state index contributed by atoms with van der Waals surface area (Å²) in [6.45, 7) is 1.28. The first-order valence-corrected chi connectivity index (χ1v) is 7.67. The van der Waals surface area contributed by atoms with Crippen molar-refractivity contribution in [3.63, 3.8) is 0 Å². The molecule has 0 fully saturated rings. The zero-order valence-corrected chi connectivity index (χ0v) is 14.1. The van der Waals surface area contributed by atoms with E-state index < -0.39 is 0 Å². The molecule has 2 rings (SSSR count). The molecule has 0 heterocycles. The number of hydrogen-bond acceptors (Lipinski definition) is 3. The molecule has 0 saturated heterocycles. The third-order valence-corrected chi connectivity index (χ3v) is 3.40. The first-order valence-electron chi connectivity index (χ1n) is 6.59. The quantitative estimate of drug-likeness (QED) is 0.744. The Hall–Kier alpha value is -2.09. The van der Waals surface area contributed by atoms with E-state index in [0.717, 1.165) is 3.57 Å². The molecular formula is C16H15IN2O3. The Kier molecular flexibility index (Phi) is 5.76. The van der Waals surface area contributed by atoms with Crippen molar-refractivity contribution in [2.45, 2.75) is 6.92 Å². The van der Waals surface area contributed by atoms with Gasteiger partial charge < -0.3 is 15.4 Å². The van der Waals surface area contributed by atoms with Gasteiger partial charge in [-0.1, -0.05) is 12.1 Å². The second-order valence-electron chi connectivity index (χ2n) is 4.52. The fraction of sp³-hybridized carbons (Fsp3) is 0.125. The van der Waals surface area contributed by atoms with E-state index in [-0.39, 0.29) is 18.4 Å².